The standard InChI is InChI=1S/C23H27NO4/c1-6-20(25)21(15-7-9-16(26-4)10-8-15)18-12-11-17(27-5)13-19(18)22-24-23(2,3)14-28-22/h7-13,21H,6,14H2,1-5H3. The molecule has 148 valence electrons. The van der Waals surface area contributed by atoms with Crippen LogP contribution in [-0.2, 0) is 9.53 Å². The Morgan fingerprint density at radius 2 is 1.75 bits per heavy atom. The summed E-state index contributed by atoms with van der Waals surface area (Å²) < 4.78 is 16.6. The first kappa shape index (κ1) is 19.9. The number of rotatable bonds is 7. The summed E-state index contributed by atoms with van der Waals surface area (Å²) in [6.45, 7) is 6.44. The molecule has 1 heterocycles. The van der Waals surface area contributed by atoms with Crippen molar-refractivity contribution in [3.8, 4) is 11.5 Å². The highest BCUT2D eigenvalue weighted by Crippen LogP contribution is 2.34. The minimum Gasteiger partial charge on any atom is -0.497 e. The number of benzene rings is 2. The number of ketones is 1. The minimum atomic E-state index is -0.410. The Morgan fingerprint density at radius 3 is 2.29 bits per heavy atom. The van der Waals surface area contributed by atoms with Crippen molar-refractivity contribution in [1.82, 2.24) is 0 Å². The van der Waals surface area contributed by atoms with Crippen LogP contribution in [0.25, 0.3) is 0 Å². The number of hydrogen-bond donors (Lipinski definition) is 0. The predicted molar refractivity (Wildman–Crippen MR) is 110 cm³/mol. The van der Waals surface area contributed by atoms with Gasteiger partial charge in [0.2, 0.25) is 5.90 Å². The van der Waals surface area contributed by atoms with Crippen LogP contribution in [0.15, 0.2) is 47.5 Å². The fraction of sp³-hybridized carbons (Fsp3) is 0.391. The van der Waals surface area contributed by atoms with Gasteiger partial charge >= 0.3 is 0 Å². The van der Waals surface area contributed by atoms with Crippen molar-refractivity contribution in [2.24, 2.45) is 4.99 Å². The Bertz CT molecular complexity index is 884. The number of carbonyl (C=O) groups is 1. The molecule has 0 spiro atoms. The van der Waals surface area contributed by atoms with Crippen molar-refractivity contribution in [2.45, 2.75) is 38.6 Å². The van der Waals surface area contributed by atoms with Gasteiger partial charge in [-0.25, -0.2) is 4.99 Å². The van der Waals surface area contributed by atoms with Crippen molar-refractivity contribution in [1.29, 1.82) is 0 Å². The van der Waals surface area contributed by atoms with E-state index in [1.807, 2.05) is 63.2 Å². The highest BCUT2D eigenvalue weighted by atomic mass is 16.5. The monoisotopic (exact) mass is 381 g/mol. The largest absolute Gasteiger partial charge is 0.497 e. The minimum absolute atomic E-state index is 0.134. The molecular formula is C23H27NO4. The molecule has 1 aliphatic heterocycles. The van der Waals surface area contributed by atoms with Crippen molar-refractivity contribution in [3.63, 3.8) is 0 Å². The number of nitrogens with zero attached hydrogens (tertiary/aromatic N) is 1. The second-order valence-electron chi connectivity index (χ2n) is 7.50. The van der Waals surface area contributed by atoms with Crippen LogP contribution in [0.3, 0.4) is 0 Å². The van der Waals surface area contributed by atoms with Crippen LogP contribution in [0.4, 0.5) is 0 Å². The Balaban J connectivity index is 2.15. The summed E-state index contributed by atoms with van der Waals surface area (Å²) in [7, 11) is 3.25. The zero-order valence-corrected chi connectivity index (χ0v) is 17.1. The first-order valence-electron chi connectivity index (χ1n) is 9.46. The molecule has 5 nitrogen and oxygen atoms in total. The lowest BCUT2D eigenvalue weighted by Crippen LogP contribution is -2.17. The van der Waals surface area contributed by atoms with E-state index in [1.54, 1.807) is 14.2 Å². The molecule has 2 aromatic carbocycles. The normalized spacial score (nSPS) is 16.1. The average molecular weight is 381 g/mol. The number of Topliss-reactive ketones (excluding diaryl/α,β-unsaturated/α-hetero) is 1. The van der Waals surface area contributed by atoms with Crippen LogP contribution in [-0.4, -0.2) is 38.0 Å². The SMILES string of the molecule is CCC(=O)C(c1ccc(OC)cc1)c1ccc(OC)cc1C1=NC(C)(C)CO1. The molecule has 1 unspecified atom stereocenters. The van der Waals surface area contributed by atoms with Gasteiger partial charge in [0.1, 0.15) is 23.9 Å². The molecule has 0 bridgehead atoms. The lowest BCUT2D eigenvalue weighted by atomic mass is 9.84. The van der Waals surface area contributed by atoms with E-state index >= 15 is 0 Å². The Kier molecular flexibility index (Phi) is 5.73. The van der Waals surface area contributed by atoms with Gasteiger partial charge in [-0.05, 0) is 49.2 Å². The van der Waals surface area contributed by atoms with Gasteiger partial charge in [0.05, 0.1) is 25.7 Å². The third-order valence-corrected chi connectivity index (χ3v) is 4.89. The molecule has 2 aromatic rings. The van der Waals surface area contributed by atoms with E-state index in [4.69, 9.17) is 19.2 Å². The molecule has 0 radical (unpaired) electrons. The average Bonchev–Trinajstić information content (AvgIpc) is 3.08. The van der Waals surface area contributed by atoms with Gasteiger partial charge in [0.25, 0.3) is 0 Å². The first-order chi connectivity index (χ1) is 13.4. The Hall–Kier alpha value is -2.82. The molecule has 28 heavy (non-hydrogen) atoms. The van der Waals surface area contributed by atoms with Gasteiger partial charge in [-0.3, -0.25) is 4.79 Å². The van der Waals surface area contributed by atoms with Gasteiger partial charge in [0, 0.05) is 12.0 Å². The van der Waals surface area contributed by atoms with E-state index in [-0.39, 0.29) is 11.3 Å². The molecule has 0 N–H and O–H groups in total. The van der Waals surface area contributed by atoms with E-state index in [2.05, 4.69) is 0 Å². The zero-order valence-electron chi connectivity index (χ0n) is 17.1. The smallest absolute Gasteiger partial charge is 0.217 e. The molecule has 0 aromatic heterocycles. The molecule has 5 heteroatoms. The van der Waals surface area contributed by atoms with Crippen molar-refractivity contribution in [2.75, 3.05) is 20.8 Å². The highest BCUT2D eigenvalue weighted by Gasteiger charge is 2.32. The summed E-state index contributed by atoms with van der Waals surface area (Å²) in [5.41, 5.74) is 2.29. The van der Waals surface area contributed by atoms with Crippen LogP contribution in [0.1, 0.15) is 49.8 Å². The van der Waals surface area contributed by atoms with Crippen LogP contribution in [0.2, 0.25) is 0 Å². The molecule has 3 rings (SSSR count). The van der Waals surface area contributed by atoms with Crippen LogP contribution in [0, 0.1) is 0 Å². The highest BCUT2D eigenvalue weighted by molar-refractivity contribution is 6.00. The topological polar surface area (TPSA) is 57.1 Å². The molecule has 0 aliphatic carbocycles. The van der Waals surface area contributed by atoms with Crippen LogP contribution in [0.5, 0.6) is 11.5 Å². The fourth-order valence-corrected chi connectivity index (χ4v) is 3.36. The molecule has 1 atom stereocenters. The summed E-state index contributed by atoms with van der Waals surface area (Å²) in [5, 5.41) is 0. The summed E-state index contributed by atoms with van der Waals surface area (Å²) >= 11 is 0. The Morgan fingerprint density at radius 1 is 1.11 bits per heavy atom. The summed E-state index contributed by atoms with van der Waals surface area (Å²) in [6, 6.07) is 13.3. The van der Waals surface area contributed by atoms with Gasteiger partial charge in [0.15, 0.2) is 0 Å². The maximum atomic E-state index is 13.0. The van der Waals surface area contributed by atoms with E-state index in [9.17, 15) is 4.79 Å². The third kappa shape index (κ3) is 4.03. The van der Waals surface area contributed by atoms with Crippen molar-refractivity contribution >= 4 is 11.7 Å². The van der Waals surface area contributed by atoms with E-state index < -0.39 is 5.92 Å². The lowest BCUT2D eigenvalue weighted by molar-refractivity contribution is -0.119. The summed E-state index contributed by atoms with van der Waals surface area (Å²) in [5.74, 6) is 1.74. The van der Waals surface area contributed by atoms with Gasteiger partial charge in [-0.15, -0.1) is 0 Å². The molecule has 1 aliphatic rings. The van der Waals surface area contributed by atoms with Gasteiger partial charge in [-0.2, -0.15) is 0 Å². The molecule has 0 saturated heterocycles. The number of carbonyl (C=O) groups excluding carboxylic acids is 1. The third-order valence-electron chi connectivity index (χ3n) is 4.89. The Labute approximate surface area is 166 Å². The van der Waals surface area contributed by atoms with E-state index in [0.29, 0.717) is 24.7 Å². The molecule has 0 saturated carbocycles. The second kappa shape index (κ2) is 8.05. The molecule has 0 amide bonds. The van der Waals surface area contributed by atoms with E-state index in [0.717, 1.165) is 22.4 Å². The van der Waals surface area contributed by atoms with Crippen molar-refractivity contribution in [3.05, 3.63) is 59.2 Å². The zero-order chi connectivity index (χ0) is 20.3. The fourth-order valence-electron chi connectivity index (χ4n) is 3.36. The number of hydrogen-bond acceptors (Lipinski definition) is 5. The first-order valence-corrected chi connectivity index (χ1v) is 9.46. The maximum Gasteiger partial charge on any atom is 0.217 e. The molecular weight excluding hydrogens is 354 g/mol. The maximum absolute atomic E-state index is 13.0. The summed E-state index contributed by atoms with van der Waals surface area (Å²) in [4.78, 5) is 17.7. The van der Waals surface area contributed by atoms with E-state index in [1.165, 1.54) is 0 Å². The van der Waals surface area contributed by atoms with Gasteiger partial charge < -0.3 is 14.2 Å². The number of methoxy groups -OCH3 is 2. The van der Waals surface area contributed by atoms with Crippen LogP contribution < -0.4 is 9.47 Å². The van der Waals surface area contributed by atoms with Gasteiger partial charge in [-0.1, -0.05) is 25.1 Å². The number of aliphatic imine (C=N–C) groups is 1. The van der Waals surface area contributed by atoms with Crippen LogP contribution >= 0.6 is 0 Å². The number of ether oxygens (including phenoxy) is 3. The summed E-state index contributed by atoms with van der Waals surface area (Å²) in [6.07, 6.45) is 0.432. The predicted octanol–water partition coefficient (Wildman–Crippen LogP) is 4.37. The lowest BCUT2D eigenvalue weighted by Gasteiger charge is -2.20. The quantitative estimate of drug-likeness (QED) is 0.715. The second-order valence-corrected chi connectivity index (χ2v) is 7.50. The van der Waals surface area contributed by atoms with Crippen molar-refractivity contribution < 1.29 is 19.0 Å². The molecule has 0 fully saturated rings.